The predicted octanol–water partition coefficient (Wildman–Crippen LogP) is 3.33. The summed E-state index contributed by atoms with van der Waals surface area (Å²) in [5, 5.41) is 2.95. The first-order valence-corrected chi connectivity index (χ1v) is 8.06. The second-order valence-corrected chi connectivity index (χ2v) is 7.37. The maximum Gasteiger partial charge on any atom is 0.408 e. The summed E-state index contributed by atoms with van der Waals surface area (Å²) in [7, 11) is 0. The molecular weight excluding hydrogens is 276 g/mol. The Balaban J connectivity index is 1.80. The molecule has 0 bridgehead atoms. The van der Waals surface area contributed by atoms with Crippen LogP contribution in [0, 0.1) is 13.8 Å². The van der Waals surface area contributed by atoms with Crippen LogP contribution in [0.5, 0.6) is 0 Å². The van der Waals surface area contributed by atoms with Gasteiger partial charge in [0, 0.05) is 25.6 Å². The minimum absolute atomic E-state index is 0.286. The van der Waals surface area contributed by atoms with Gasteiger partial charge in [-0.25, -0.2) is 4.79 Å². The Morgan fingerprint density at radius 1 is 1.27 bits per heavy atom. The molecule has 0 aliphatic carbocycles. The molecular formula is C18H26N2O2. The average molecular weight is 302 g/mol. The van der Waals surface area contributed by atoms with E-state index in [4.69, 9.17) is 4.74 Å². The van der Waals surface area contributed by atoms with Gasteiger partial charge in [0.1, 0.15) is 0 Å². The molecule has 2 saturated heterocycles. The van der Waals surface area contributed by atoms with E-state index in [9.17, 15) is 4.79 Å². The van der Waals surface area contributed by atoms with E-state index in [-0.39, 0.29) is 11.6 Å². The van der Waals surface area contributed by atoms with Gasteiger partial charge in [-0.1, -0.05) is 18.2 Å². The molecule has 2 aliphatic rings. The summed E-state index contributed by atoms with van der Waals surface area (Å²) in [6.45, 7) is 12.4. The van der Waals surface area contributed by atoms with Crippen LogP contribution in [0.2, 0.25) is 0 Å². The Morgan fingerprint density at radius 3 is 2.59 bits per heavy atom. The molecule has 4 nitrogen and oxygen atoms in total. The second kappa shape index (κ2) is 4.98. The number of amides is 1. The summed E-state index contributed by atoms with van der Waals surface area (Å²) < 4.78 is 5.69. The van der Waals surface area contributed by atoms with Crippen LogP contribution >= 0.6 is 0 Å². The van der Waals surface area contributed by atoms with Gasteiger partial charge in [-0.2, -0.15) is 0 Å². The predicted molar refractivity (Wildman–Crippen MR) is 86.9 cm³/mol. The molecule has 1 amide bonds. The van der Waals surface area contributed by atoms with Crippen molar-refractivity contribution >= 4 is 6.09 Å². The lowest BCUT2D eigenvalue weighted by atomic mass is 9.83. The molecule has 1 spiro atoms. The van der Waals surface area contributed by atoms with Gasteiger partial charge in [0.15, 0.2) is 5.60 Å². The Kier molecular flexibility index (Phi) is 3.48. The quantitative estimate of drug-likeness (QED) is 0.911. The Morgan fingerprint density at radius 2 is 2.00 bits per heavy atom. The summed E-state index contributed by atoms with van der Waals surface area (Å²) in [6, 6.07) is 7.00. The van der Waals surface area contributed by atoms with Gasteiger partial charge in [0.25, 0.3) is 0 Å². The van der Waals surface area contributed by atoms with Crippen LogP contribution in [0.25, 0.3) is 0 Å². The summed E-state index contributed by atoms with van der Waals surface area (Å²) in [5.74, 6) is 0. The van der Waals surface area contributed by atoms with Crippen LogP contribution in [-0.2, 0) is 4.74 Å². The van der Waals surface area contributed by atoms with Gasteiger partial charge < -0.3 is 10.1 Å². The van der Waals surface area contributed by atoms with E-state index in [0.29, 0.717) is 6.04 Å². The summed E-state index contributed by atoms with van der Waals surface area (Å²) in [5.41, 5.74) is 3.26. The molecule has 2 heterocycles. The van der Waals surface area contributed by atoms with E-state index in [1.807, 2.05) is 0 Å². The lowest BCUT2D eigenvalue weighted by Crippen LogP contribution is -2.54. The highest BCUT2D eigenvalue weighted by Gasteiger charge is 2.58. The number of rotatable bonds is 2. The number of carbonyl (C=O) groups excluding carboxylic acids is 1. The Labute approximate surface area is 132 Å². The van der Waals surface area contributed by atoms with Crippen molar-refractivity contribution in [3.05, 3.63) is 34.9 Å². The molecule has 22 heavy (non-hydrogen) atoms. The van der Waals surface area contributed by atoms with Crippen molar-refractivity contribution in [3.8, 4) is 0 Å². The summed E-state index contributed by atoms with van der Waals surface area (Å²) >= 11 is 0. The molecule has 0 radical (unpaired) electrons. The normalized spacial score (nSPS) is 28.7. The maximum absolute atomic E-state index is 11.7. The van der Waals surface area contributed by atoms with E-state index < -0.39 is 5.60 Å². The first-order chi connectivity index (χ1) is 10.2. The fourth-order valence-electron chi connectivity index (χ4n) is 3.67. The zero-order chi connectivity index (χ0) is 16.1. The smallest absolute Gasteiger partial charge is 0.408 e. The average Bonchev–Trinajstić information content (AvgIpc) is 2.94. The molecule has 2 unspecified atom stereocenters. The highest BCUT2D eigenvalue weighted by molar-refractivity contribution is 5.72. The van der Waals surface area contributed by atoms with Gasteiger partial charge >= 0.3 is 6.09 Å². The lowest BCUT2D eigenvalue weighted by Gasteiger charge is -2.35. The Bertz CT molecular complexity index is 611. The fraction of sp³-hybridized carbons (Fsp3) is 0.611. The number of hydrogen-bond donors (Lipinski definition) is 1. The van der Waals surface area contributed by atoms with E-state index in [1.54, 1.807) is 0 Å². The van der Waals surface area contributed by atoms with Crippen LogP contribution in [-0.4, -0.2) is 35.2 Å². The van der Waals surface area contributed by atoms with Crippen molar-refractivity contribution < 1.29 is 9.53 Å². The number of aryl methyl sites for hydroxylation is 2. The Hall–Kier alpha value is -1.55. The number of likely N-dealkylation sites (tertiary alicyclic amines) is 1. The van der Waals surface area contributed by atoms with E-state index in [2.05, 4.69) is 63.0 Å². The monoisotopic (exact) mass is 302 g/mol. The first-order valence-electron chi connectivity index (χ1n) is 8.06. The number of benzene rings is 1. The van der Waals surface area contributed by atoms with Crippen molar-refractivity contribution in [2.24, 2.45) is 0 Å². The molecule has 0 aromatic heterocycles. The lowest BCUT2D eigenvalue weighted by molar-refractivity contribution is 0.0160. The van der Waals surface area contributed by atoms with Crippen molar-refractivity contribution in [1.82, 2.24) is 10.2 Å². The number of ether oxygens (including phenoxy) is 1. The third-order valence-electron chi connectivity index (χ3n) is 5.66. The minimum Gasteiger partial charge on any atom is -0.439 e. The summed E-state index contributed by atoms with van der Waals surface area (Å²) in [4.78, 5) is 14.1. The number of nitrogens with zero attached hydrogens (tertiary/aromatic N) is 1. The molecule has 2 fully saturated rings. The van der Waals surface area contributed by atoms with E-state index in [1.165, 1.54) is 16.7 Å². The number of alkyl carbamates (subject to hydrolysis) is 1. The number of hydrogen-bond acceptors (Lipinski definition) is 3. The van der Waals surface area contributed by atoms with E-state index >= 15 is 0 Å². The molecule has 4 heteroatoms. The van der Waals surface area contributed by atoms with Gasteiger partial charge in [-0.05, 0) is 51.3 Å². The molecule has 120 valence electrons. The van der Waals surface area contributed by atoms with Gasteiger partial charge in [0.05, 0.1) is 5.54 Å². The van der Waals surface area contributed by atoms with Crippen molar-refractivity contribution in [3.63, 3.8) is 0 Å². The second-order valence-electron chi connectivity index (χ2n) is 7.37. The zero-order valence-electron chi connectivity index (χ0n) is 14.2. The highest BCUT2D eigenvalue weighted by Crippen LogP contribution is 2.42. The fourth-order valence-corrected chi connectivity index (χ4v) is 3.67. The zero-order valence-corrected chi connectivity index (χ0v) is 14.2. The third-order valence-corrected chi connectivity index (χ3v) is 5.66. The highest BCUT2D eigenvalue weighted by atomic mass is 16.6. The first kappa shape index (κ1) is 15.3. The van der Waals surface area contributed by atoms with Crippen LogP contribution < -0.4 is 5.32 Å². The summed E-state index contributed by atoms with van der Waals surface area (Å²) in [6.07, 6.45) is 0.596. The molecule has 0 saturated carbocycles. The van der Waals surface area contributed by atoms with Crippen LogP contribution in [0.4, 0.5) is 4.79 Å². The van der Waals surface area contributed by atoms with E-state index in [0.717, 1.165) is 19.5 Å². The third kappa shape index (κ3) is 2.30. The number of carbonyl (C=O) groups is 1. The largest absolute Gasteiger partial charge is 0.439 e. The van der Waals surface area contributed by atoms with Crippen molar-refractivity contribution in [2.75, 3.05) is 13.1 Å². The molecule has 1 N–H and O–H groups in total. The van der Waals surface area contributed by atoms with Gasteiger partial charge in [0.2, 0.25) is 0 Å². The van der Waals surface area contributed by atoms with Crippen LogP contribution in [0.3, 0.4) is 0 Å². The topological polar surface area (TPSA) is 41.6 Å². The number of nitrogens with one attached hydrogen (secondary N) is 1. The molecule has 2 atom stereocenters. The molecule has 2 aliphatic heterocycles. The van der Waals surface area contributed by atoms with Crippen molar-refractivity contribution in [1.29, 1.82) is 0 Å². The minimum atomic E-state index is -0.405. The maximum atomic E-state index is 11.7. The molecule has 1 aromatic rings. The molecule has 1 aromatic carbocycles. The van der Waals surface area contributed by atoms with Crippen LogP contribution in [0.1, 0.15) is 49.9 Å². The van der Waals surface area contributed by atoms with Gasteiger partial charge in [-0.3, -0.25) is 4.90 Å². The van der Waals surface area contributed by atoms with Crippen molar-refractivity contribution in [2.45, 2.75) is 58.2 Å². The molecule has 3 rings (SSSR count). The standard InChI is InChI=1S/C18H26N2O2/c1-12-6-7-15(10-13(12)2)14(3)20-9-8-18(11-20)17(4,5)19-16(21)22-18/h6-7,10,14H,8-9,11H2,1-5H3,(H,19,21). The van der Waals surface area contributed by atoms with Crippen LogP contribution in [0.15, 0.2) is 18.2 Å². The SMILES string of the molecule is Cc1ccc(C(C)N2CCC3(C2)OC(=O)NC3(C)C)cc1C. The van der Waals surface area contributed by atoms with Gasteiger partial charge in [-0.15, -0.1) is 0 Å².